The molecule has 2 rings (SSSR count). The van der Waals surface area contributed by atoms with Gasteiger partial charge in [-0.05, 0) is 43.0 Å². The van der Waals surface area contributed by atoms with Crippen LogP contribution in [0.4, 0.5) is 0 Å². The Hall–Kier alpha value is -1.79. The minimum absolute atomic E-state index is 0.115. The molecule has 0 bridgehead atoms. The van der Waals surface area contributed by atoms with Crippen LogP contribution in [0.1, 0.15) is 39.2 Å². The standard InChI is InChI=1S/C20H31NO5/c1-20(2,3)17-10-16(25-4)7-8-18(17)26-13-15(22)12-21-9-5-6-14(11-21)19(23)24/h7-8,10,14-15,22H,5-6,9,11-13H2,1-4H3,(H,23,24)/t14-,15-/m1/s1. The summed E-state index contributed by atoms with van der Waals surface area (Å²) in [7, 11) is 1.63. The molecule has 1 aromatic carbocycles. The van der Waals surface area contributed by atoms with Crippen LogP contribution in [-0.4, -0.2) is 60.5 Å². The number of hydrogen-bond acceptors (Lipinski definition) is 5. The second-order valence-electron chi connectivity index (χ2n) is 8.01. The van der Waals surface area contributed by atoms with Gasteiger partial charge in [0.05, 0.1) is 13.0 Å². The number of aliphatic hydroxyl groups is 1. The van der Waals surface area contributed by atoms with E-state index in [4.69, 9.17) is 14.6 Å². The van der Waals surface area contributed by atoms with Crippen molar-refractivity contribution in [2.24, 2.45) is 5.92 Å². The molecule has 0 aromatic heterocycles. The zero-order chi connectivity index (χ0) is 19.3. The number of likely N-dealkylation sites (tertiary alicyclic amines) is 1. The van der Waals surface area contributed by atoms with E-state index in [1.54, 1.807) is 7.11 Å². The number of aliphatic carboxylic acids is 1. The van der Waals surface area contributed by atoms with Crippen molar-refractivity contribution >= 4 is 5.97 Å². The Morgan fingerprint density at radius 1 is 1.38 bits per heavy atom. The van der Waals surface area contributed by atoms with Crippen LogP contribution in [0.2, 0.25) is 0 Å². The second kappa shape index (κ2) is 8.73. The van der Waals surface area contributed by atoms with Gasteiger partial charge >= 0.3 is 5.97 Å². The fourth-order valence-electron chi connectivity index (χ4n) is 3.31. The minimum atomic E-state index is -0.756. The summed E-state index contributed by atoms with van der Waals surface area (Å²) in [6.07, 6.45) is 0.883. The van der Waals surface area contributed by atoms with Crippen molar-refractivity contribution in [3.63, 3.8) is 0 Å². The fraction of sp³-hybridized carbons (Fsp3) is 0.650. The number of carbonyl (C=O) groups is 1. The molecule has 6 nitrogen and oxygen atoms in total. The molecule has 146 valence electrons. The first-order chi connectivity index (χ1) is 12.2. The maximum absolute atomic E-state index is 11.2. The number of aliphatic hydroxyl groups excluding tert-OH is 1. The summed E-state index contributed by atoms with van der Waals surface area (Å²) in [4.78, 5) is 13.2. The lowest BCUT2D eigenvalue weighted by Crippen LogP contribution is -2.43. The first kappa shape index (κ1) is 20.5. The lowest BCUT2D eigenvalue weighted by Gasteiger charge is -2.32. The van der Waals surface area contributed by atoms with Crippen molar-refractivity contribution < 1.29 is 24.5 Å². The van der Waals surface area contributed by atoms with Gasteiger partial charge in [0.2, 0.25) is 0 Å². The summed E-state index contributed by atoms with van der Waals surface area (Å²) in [5.41, 5.74) is 0.907. The van der Waals surface area contributed by atoms with Gasteiger partial charge in [-0.1, -0.05) is 20.8 Å². The van der Waals surface area contributed by atoms with Crippen LogP contribution >= 0.6 is 0 Å². The van der Waals surface area contributed by atoms with Crippen molar-refractivity contribution in [2.45, 2.75) is 45.1 Å². The Kier molecular flexibility index (Phi) is 6.89. The Bertz CT molecular complexity index is 611. The van der Waals surface area contributed by atoms with Crippen LogP contribution in [0.25, 0.3) is 0 Å². The highest BCUT2D eigenvalue weighted by atomic mass is 16.5. The lowest BCUT2D eigenvalue weighted by molar-refractivity contribution is -0.143. The maximum atomic E-state index is 11.2. The van der Waals surface area contributed by atoms with E-state index in [0.29, 0.717) is 19.5 Å². The van der Waals surface area contributed by atoms with Crippen LogP contribution in [0.15, 0.2) is 18.2 Å². The lowest BCUT2D eigenvalue weighted by atomic mass is 9.86. The molecule has 2 atom stereocenters. The minimum Gasteiger partial charge on any atom is -0.497 e. The number of nitrogens with zero attached hydrogens (tertiary/aromatic N) is 1. The summed E-state index contributed by atoms with van der Waals surface area (Å²) >= 11 is 0. The van der Waals surface area contributed by atoms with Crippen molar-refractivity contribution in [2.75, 3.05) is 33.4 Å². The first-order valence-electron chi connectivity index (χ1n) is 9.15. The number of carboxylic acid groups (broad SMARTS) is 1. The predicted molar refractivity (Wildman–Crippen MR) is 100.0 cm³/mol. The Morgan fingerprint density at radius 2 is 2.12 bits per heavy atom. The number of benzene rings is 1. The average Bonchev–Trinajstić information content (AvgIpc) is 2.59. The number of β-amino-alcohol motifs (C(OH)–C–C–N with tert-alkyl or cyclic N) is 1. The summed E-state index contributed by atoms with van der Waals surface area (Å²) in [5.74, 6) is 0.412. The van der Waals surface area contributed by atoms with Crippen molar-refractivity contribution in [3.8, 4) is 11.5 Å². The summed E-state index contributed by atoms with van der Waals surface area (Å²) < 4.78 is 11.2. The molecule has 0 spiro atoms. The van der Waals surface area contributed by atoms with Crippen LogP contribution < -0.4 is 9.47 Å². The predicted octanol–water partition coefficient (Wildman–Crippen LogP) is 2.53. The quantitative estimate of drug-likeness (QED) is 0.773. The highest BCUT2D eigenvalue weighted by Crippen LogP contribution is 2.34. The van der Waals surface area contributed by atoms with E-state index < -0.39 is 12.1 Å². The molecule has 0 unspecified atom stereocenters. The van der Waals surface area contributed by atoms with E-state index in [1.807, 2.05) is 23.1 Å². The Balaban J connectivity index is 1.95. The third kappa shape index (κ3) is 5.61. The topological polar surface area (TPSA) is 79.2 Å². The first-order valence-corrected chi connectivity index (χ1v) is 9.15. The smallest absolute Gasteiger partial charge is 0.307 e. The molecular weight excluding hydrogens is 334 g/mol. The van der Waals surface area contributed by atoms with Gasteiger partial charge in [-0.25, -0.2) is 0 Å². The summed E-state index contributed by atoms with van der Waals surface area (Å²) in [6.45, 7) is 8.20. The molecule has 1 aromatic rings. The van der Waals surface area contributed by atoms with E-state index in [9.17, 15) is 9.90 Å². The maximum Gasteiger partial charge on any atom is 0.307 e. The normalized spacial score (nSPS) is 19.8. The summed E-state index contributed by atoms with van der Waals surface area (Å²) in [6, 6.07) is 5.68. The van der Waals surface area contributed by atoms with E-state index in [-0.39, 0.29) is 17.9 Å². The van der Waals surface area contributed by atoms with Crippen LogP contribution in [0, 0.1) is 5.92 Å². The second-order valence-corrected chi connectivity index (χ2v) is 8.01. The molecule has 0 aliphatic carbocycles. The van der Waals surface area contributed by atoms with Gasteiger partial charge in [-0.15, -0.1) is 0 Å². The Labute approximate surface area is 155 Å². The molecule has 1 heterocycles. The van der Waals surface area contributed by atoms with Crippen molar-refractivity contribution in [1.82, 2.24) is 4.90 Å². The molecule has 2 N–H and O–H groups in total. The molecule has 1 aliphatic heterocycles. The van der Waals surface area contributed by atoms with Gasteiger partial charge in [-0.2, -0.15) is 0 Å². The van der Waals surface area contributed by atoms with Gasteiger partial charge in [-0.3, -0.25) is 9.69 Å². The average molecular weight is 365 g/mol. The van der Waals surface area contributed by atoms with Crippen molar-refractivity contribution in [1.29, 1.82) is 0 Å². The fourth-order valence-corrected chi connectivity index (χ4v) is 3.31. The van der Waals surface area contributed by atoms with Crippen LogP contribution in [-0.2, 0) is 10.2 Å². The number of hydrogen-bond donors (Lipinski definition) is 2. The third-order valence-corrected chi connectivity index (χ3v) is 4.75. The molecule has 0 amide bonds. The SMILES string of the molecule is COc1ccc(OC[C@H](O)CN2CCC[C@@H](C(=O)O)C2)c(C(C)(C)C)c1. The number of ether oxygens (including phenoxy) is 2. The van der Waals surface area contributed by atoms with Gasteiger partial charge in [0.1, 0.15) is 24.2 Å². The molecule has 26 heavy (non-hydrogen) atoms. The van der Waals surface area contributed by atoms with Crippen molar-refractivity contribution in [3.05, 3.63) is 23.8 Å². The highest BCUT2D eigenvalue weighted by molar-refractivity contribution is 5.70. The highest BCUT2D eigenvalue weighted by Gasteiger charge is 2.27. The van der Waals surface area contributed by atoms with E-state index in [0.717, 1.165) is 30.0 Å². The molecule has 1 fully saturated rings. The van der Waals surface area contributed by atoms with Gasteiger partial charge in [0, 0.05) is 18.7 Å². The molecule has 6 heteroatoms. The largest absolute Gasteiger partial charge is 0.497 e. The zero-order valence-electron chi connectivity index (χ0n) is 16.2. The molecule has 1 aliphatic rings. The number of piperidine rings is 1. The summed E-state index contributed by atoms with van der Waals surface area (Å²) in [5, 5.41) is 19.5. The molecule has 1 saturated heterocycles. The van der Waals surface area contributed by atoms with E-state index in [1.165, 1.54) is 0 Å². The third-order valence-electron chi connectivity index (χ3n) is 4.75. The van der Waals surface area contributed by atoms with E-state index >= 15 is 0 Å². The Morgan fingerprint density at radius 3 is 2.73 bits per heavy atom. The number of carboxylic acids is 1. The van der Waals surface area contributed by atoms with Crippen LogP contribution in [0.3, 0.4) is 0 Å². The van der Waals surface area contributed by atoms with Gasteiger partial charge in [0.25, 0.3) is 0 Å². The molecule has 0 saturated carbocycles. The number of rotatable bonds is 7. The number of methoxy groups -OCH3 is 1. The van der Waals surface area contributed by atoms with Gasteiger partial charge < -0.3 is 19.7 Å². The monoisotopic (exact) mass is 365 g/mol. The van der Waals surface area contributed by atoms with E-state index in [2.05, 4.69) is 20.8 Å². The van der Waals surface area contributed by atoms with Gasteiger partial charge in [0.15, 0.2) is 0 Å². The molecular formula is C20H31NO5. The zero-order valence-corrected chi connectivity index (χ0v) is 16.2. The molecule has 0 radical (unpaired) electrons. The van der Waals surface area contributed by atoms with Crippen LogP contribution in [0.5, 0.6) is 11.5 Å².